The Hall–Kier alpha value is -0.610. The molecule has 1 rings (SSSR count). The average molecular weight is 200 g/mol. The van der Waals surface area contributed by atoms with Crippen LogP contribution in [-0.2, 0) is 9.53 Å². The number of rotatable bonds is 4. The van der Waals surface area contributed by atoms with E-state index in [0.29, 0.717) is 6.04 Å². The Bertz CT molecular complexity index is 197. The molecule has 0 aromatic carbocycles. The van der Waals surface area contributed by atoms with Gasteiger partial charge in [-0.2, -0.15) is 0 Å². The summed E-state index contributed by atoms with van der Waals surface area (Å²) in [7, 11) is 3.49. The lowest BCUT2D eigenvalue weighted by Gasteiger charge is -2.26. The summed E-state index contributed by atoms with van der Waals surface area (Å²) < 4.78 is 5.04. The molecule has 1 aliphatic rings. The second-order valence-electron chi connectivity index (χ2n) is 3.76. The topological polar surface area (TPSA) is 41.6 Å². The number of nitrogens with one attached hydrogen (secondary N) is 1. The number of hydrogen-bond acceptors (Lipinski definition) is 3. The largest absolute Gasteiger partial charge is 0.372 e. The van der Waals surface area contributed by atoms with Gasteiger partial charge in [0.05, 0.1) is 0 Å². The molecule has 0 aromatic rings. The van der Waals surface area contributed by atoms with Crippen molar-refractivity contribution in [2.24, 2.45) is 0 Å². The number of amides is 1. The van der Waals surface area contributed by atoms with Crippen molar-refractivity contribution in [3.8, 4) is 0 Å². The van der Waals surface area contributed by atoms with E-state index in [1.54, 1.807) is 14.0 Å². The number of carbonyl (C=O) groups is 1. The third-order valence-corrected chi connectivity index (χ3v) is 2.80. The van der Waals surface area contributed by atoms with Crippen molar-refractivity contribution in [3.63, 3.8) is 0 Å². The molecule has 0 saturated carbocycles. The summed E-state index contributed by atoms with van der Waals surface area (Å²) in [6.45, 7) is 3.55. The first-order chi connectivity index (χ1) is 6.70. The Labute approximate surface area is 85.6 Å². The molecule has 82 valence electrons. The predicted molar refractivity (Wildman–Crippen MR) is 55.1 cm³/mol. The van der Waals surface area contributed by atoms with E-state index < -0.39 is 0 Å². The number of hydrogen-bond donors (Lipinski definition) is 1. The van der Waals surface area contributed by atoms with E-state index in [2.05, 4.69) is 5.32 Å². The first-order valence-corrected chi connectivity index (χ1v) is 5.18. The van der Waals surface area contributed by atoms with E-state index in [4.69, 9.17) is 4.74 Å². The minimum Gasteiger partial charge on any atom is -0.372 e. The van der Waals surface area contributed by atoms with Gasteiger partial charge in [-0.1, -0.05) is 0 Å². The molecule has 0 bridgehead atoms. The highest BCUT2D eigenvalue weighted by Crippen LogP contribution is 2.17. The maximum absolute atomic E-state index is 11.8. The van der Waals surface area contributed by atoms with Crippen LogP contribution in [0.15, 0.2) is 0 Å². The van der Waals surface area contributed by atoms with Gasteiger partial charge in [-0.25, -0.2) is 0 Å². The molecule has 0 radical (unpaired) electrons. The lowest BCUT2D eigenvalue weighted by atomic mass is 10.2. The monoisotopic (exact) mass is 200 g/mol. The summed E-state index contributed by atoms with van der Waals surface area (Å²) >= 11 is 0. The molecule has 2 atom stereocenters. The number of likely N-dealkylation sites (tertiary alicyclic amines) is 1. The molecule has 1 saturated heterocycles. The van der Waals surface area contributed by atoms with Gasteiger partial charge in [-0.15, -0.1) is 0 Å². The van der Waals surface area contributed by atoms with Crippen LogP contribution in [0.1, 0.15) is 19.8 Å². The summed E-state index contributed by atoms with van der Waals surface area (Å²) in [4.78, 5) is 13.8. The quantitative estimate of drug-likeness (QED) is 0.706. The molecule has 2 unspecified atom stereocenters. The highest BCUT2D eigenvalue weighted by atomic mass is 16.5. The molecule has 0 aromatic heterocycles. The first kappa shape index (κ1) is 11.5. The Morgan fingerprint density at radius 2 is 2.43 bits per heavy atom. The van der Waals surface area contributed by atoms with E-state index >= 15 is 0 Å². The smallest absolute Gasteiger partial charge is 0.251 e. The zero-order chi connectivity index (χ0) is 10.6. The molecule has 4 heteroatoms. The Morgan fingerprint density at radius 3 is 3.00 bits per heavy atom. The predicted octanol–water partition coefficient (Wildman–Crippen LogP) is 0.232. The maximum atomic E-state index is 11.8. The van der Waals surface area contributed by atoms with Crippen LogP contribution in [-0.4, -0.2) is 50.2 Å². The van der Waals surface area contributed by atoms with Crippen molar-refractivity contribution >= 4 is 5.91 Å². The summed E-state index contributed by atoms with van der Waals surface area (Å²) in [5.74, 6) is 0.116. The Balaban J connectivity index is 2.53. The molecular formula is C10H20N2O2. The van der Waals surface area contributed by atoms with Crippen LogP contribution in [0, 0.1) is 0 Å². The normalized spacial score (nSPS) is 23.9. The third kappa shape index (κ3) is 2.45. The molecule has 0 aliphatic carbocycles. The highest BCUT2D eigenvalue weighted by molar-refractivity contribution is 5.81. The molecule has 1 N–H and O–H groups in total. The third-order valence-electron chi connectivity index (χ3n) is 2.80. The first-order valence-electron chi connectivity index (χ1n) is 5.18. The minimum atomic E-state index is -0.313. The van der Waals surface area contributed by atoms with Gasteiger partial charge in [0.25, 0.3) is 5.91 Å². The standard InChI is InChI=1S/C10H20N2O2/c1-8(14-3)10(13)12-6-4-5-9(12)7-11-2/h8-9,11H,4-7H2,1-3H3. The van der Waals surface area contributed by atoms with Gasteiger partial charge in [-0.05, 0) is 26.8 Å². The van der Waals surface area contributed by atoms with E-state index in [-0.39, 0.29) is 12.0 Å². The second-order valence-corrected chi connectivity index (χ2v) is 3.76. The Kier molecular flexibility index (Phi) is 4.35. The summed E-state index contributed by atoms with van der Waals surface area (Å²) in [5.41, 5.74) is 0. The zero-order valence-electron chi connectivity index (χ0n) is 9.25. The summed E-state index contributed by atoms with van der Waals surface area (Å²) in [6.07, 6.45) is 1.89. The van der Waals surface area contributed by atoms with E-state index in [9.17, 15) is 4.79 Å². The molecule has 4 nitrogen and oxygen atoms in total. The van der Waals surface area contributed by atoms with Gasteiger partial charge in [0.2, 0.25) is 0 Å². The second kappa shape index (κ2) is 5.32. The number of nitrogens with zero attached hydrogens (tertiary/aromatic N) is 1. The van der Waals surface area contributed by atoms with Gasteiger partial charge in [-0.3, -0.25) is 4.79 Å². The lowest BCUT2D eigenvalue weighted by molar-refractivity contribution is -0.141. The molecule has 1 amide bonds. The van der Waals surface area contributed by atoms with Gasteiger partial charge in [0.1, 0.15) is 6.10 Å². The number of methoxy groups -OCH3 is 1. The average Bonchev–Trinajstić information content (AvgIpc) is 2.64. The molecule has 1 aliphatic heterocycles. The van der Waals surface area contributed by atoms with E-state index in [1.807, 2.05) is 11.9 Å². The van der Waals surface area contributed by atoms with Crippen LogP contribution in [0.5, 0.6) is 0 Å². The highest BCUT2D eigenvalue weighted by Gasteiger charge is 2.30. The van der Waals surface area contributed by atoms with Crippen LogP contribution >= 0.6 is 0 Å². The van der Waals surface area contributed by atoms with Crippen molar-refractivity contribution < 1.29 is 9.53 Å². The molecule has 14 heavy (non-hydrogen) atoms. The molecule has 0 spiro atoms. The minimum absolute atomic E-state index is 0.116. The van der Waals surface area contributed by atoms with Crippen molar-refractivity contribution in [1.29, 1.82) is 0 Å². The fourth-order valence-electron chi connectivity index (χ4n) is 1.91. The van der Waals surface area contributed by atoms with Gasteiger partial charge in [0.15, 0.2) is 0 Å². The van der Waals surface area contributed by atoms with Crippen molar-refractivity contribution in [2.75, 3.05) is 27.2 Å². The van der Waals surface area contributed by atoms with Crippen molar-refractivity contribution in [2.45, 2.75) is 31.9 Å². The molecule has 1 fully saturated rings. The van der Waals surface area contributed by atoms with Crippen LogP contribution in [0.25, 0.3) is 0 Å². The van der Waals surface area contributed by atoms with Crippen LogP contribution in [0.3, 0.4) is 0 Å². The van der Waals surface area contributed by atoms with Gasteiger partial charge < -0.3 is 15.0 Å². The van der Waals surface area contributed by atoms with E-state index in [1.165, 1.54) is 0 Å². The SMILES string of the molecule is CNCC1CCCN1C(=O)C(C)OC. The van der Waals surface area contributed by atoms with Gasteiger partial charge in [0, 0.05) is 26.2 Å². The lowest BCUT2D eigenvalue weighted by Crippen LogP contribution is -2.45. The van der Waals surface area contributed by atoms with Gasteiger partial charge >= 0.3 is 0 Å². The number of carbonyl (C=O) groups excluding carboxylic acids is 1. The summed E-state index contributed by atoms with van der Waals surface area (Å²) in [5, 5.41) is 3.12. The zero-order valence-corrected chi connectivity index (χ0v) is 9.25. The fourth-order valence-corrected chi connectivity index (χ4v) is 1.91. The Morgan fingerprint density at radius 1 is 1.71 bits per heavy atom. The molecule has 1 heterocycles. The van der Waals surface area contributed by atoms with Crippen molar-refractivity contribution in [1.82, 2.24) is 10.2 Å². The van der Waals surface area contributed by atoms with Crippen LogP contribution in [0.2, 0.25) is 0 Å². The van der Waals surface area contributed by atoms with E-state index in [0.717, 1.165) is 25.9 Å². The fraction of sp³-hybridized carbons (Fsp3) is 0.900. The van der Waals surface area contributed by atoms with Crippen LogP contribution in [0.4, 0.5) is 0 Å². The van der Waals surface area contributed by atoms with Crippen molar-refractivity contribution in [3.05, 3.63) is 0 Å². The number of ether oxygens (including phenoxy) is 1. The van der Waals surface area contributed by atoms with Crippen LogP contribution < -0.4 is 5.32 Å². The summed E-state index contributed by atoms with van der Waals surface area (Å²) in [6, 6.07) is 0.352. The maximum Gasteiger partial charge on any atom is 0.251 e. The number of likely N-dealkylation sites (N-methyl/N-ethyl adjacent to an activating group) is 1. The molecular weight excluding hydrogens is 180 g/mol.